The van der Waals surface area contributed by atoms with Crippen molar-refractivity contribution < 1.29 is 20.8 Å². The number of rotatable bonds is 0. The molecule has 0 aliphatic heterocycles. The maximum atomic E-state index is 6.94. The van der Waals surface area contributed by atoms with E-state index >= 15 is 0 Å². The number of fused-ring (bicyclic) bond motifs is 1. The quantitative estimate of drug-likeness (QED) is 0.275. The fraction of sp³-hybridized carbons (Fsp3) is 0.400. The van der Waals surface area contributed by atoms with Gasteiger partial charge in [-0.1, -0.05) is 60.3 Å². The van der Waals surface area contributed by atoms with Crippen LogP contribution in [0.15, 0.2) is 40.9 Å². The summed E-state index contributed by atoms with van der Waals surface area (Å²) >= 11 is 2.60. The van der Waals surface area contributed by atoms with E-state index in [2.05, 4.69) is 65.4 Å². The summed E-state index contributed by atoms with van der Waals surface area (Å²) in [5.74, 6) is 0. The first-order valence-corrected chi connectivity index (χ1v) is 15.4. The first-order valence-electron chi connectivity index (χ1n) is 6.30. The molecule has 2 radical (unpaired) electrons. The van der Waals surface area contributed by atoms with E-state index in [1.165, 1.54) is 10.8 Å². The van der Waals surface area contributed by atoms with Gasteiger partial charge >= 0.3 is 37.9 Å². The third-order valence-corrected chi connectivity index (χ3v) is 2.04. The van der Waals surface area contributed by atoms with E-state index in [9.17, 15) is 0 Å². The van der Waals surface area contributed by atoms with Crippen LogP contribution in [0.25, 0.3) is 16.5 Å². The summed E-state index contributed by atoms with van der Waals surface area (Å²) in [6.07, 6.45) is 0. The molecule has 0 bridgehead atoms. The fourth-order valence-electron chi connectivity index (χ4n) is 1.11. The van der Waals surface area contributed by atoms with Gasteiger partial charge in [0.25, 0.3) is 0 Å². The summed E-state index contributed by atoms with van der Waals surface area (Å²) in [6, 6.07) is 12.6. The van der Waals surface area contributed by atoms with Crippen LogP contribution in [-0.2, 0) is 20.8 Å². The van der Waals surface area contributed by atoms with E-state index in [1.54, 1.807) is 0 Å². The van der Waals surface area contributed by atoms with E-state index in [1.807, 2.05) is 20.8 Å². The van der Waals surface area contributed by atoms with Gasteiger partial charge in [0, 0.05) is 9.52 Å². The van der Waals surface area contributed by atoms with Crippen molar-refractivity contribution >= 4 is 53.2 Å². The van der Waals surface area contributed by atoms with E-state index in [4.69, 9.17) is 22.8 Å². The molecular formula is C15H22BrCl2NSiZr. The number of hydrogen-bond acceptors (Lipinski definition) is 0. The molecule has 0 amide bonds. The van der Waals surface area contributed by atoms with Crippen molar-refractivity contribution in [3.05, 3.63) is 46.6 Å². The van der Waals surface area contributed by atoms with E-state index in [0.29, 0.717) is 0 Å². The Morgan fingerprint density at radius 3 is 1.95 bits per heavy atom. The predicted octanol–water partition coefficient (Wildman–Crippen LogP) is 7.32. The topological polar surface area (TPSA) is 23.8 Å². The Balaban J connectivity index is 0. The standard InChI is InChI=1S/C9H6Br.C4H10N.C2H6Si.2ClH.Zr/c10-9-5-7-3-1-2-4-8(7)6-9;1-4(2,3)5;1-3-2;;;/h1-6H;5H,1-3H3;1-2H3;2*1H;/q2*-1;;;;+4/p-2. The Hall–Kier alpha value is 0.950. The summed E-state index contributed by atoms with van der Waals surface area (Å²) in [5.41, 5.74) is 6.69. The molecule has 1 nitrogen and oxygen atoms in total. The van der Waals surface area contributed by atoms with Crippen LogP contribution in [0.5, 0.6) is 0 Å². The van der Waals surface area contributed by atoms with Gasteiger partial charge in [-0.25, -0.2) is 0 Å². The van der Waals surface area contributed by atoms with Gasteiger partial charge in [0.1, 0.15) is 0 Å². The van der Waals surface area contributed by atoms with Gasteiger partial charge < -0.3 is 5.73 Å². The Kier molecular flexibility index (Phi) is 16.8. The molecule has 0 heterocycles. The number of hydrogen-bond donors (Lipinski definition) is 0. The van der Waals surface area contributed by atoms with Crippen LogP contribution in [0.2, 0.25) is 13.1 Å². The average Bonchev–Trinajstić information content (AvgIpc) is 2.68. The van der Waals surface area contributed by atoms with Gasteiger partial charge in [-0.3, -0.25) is 0 Å². The Bertz CT molecular complexity index is 431. The molecule has 2 aromatic carbocycles. The molecule has 2 rings (SSSR count). The van der Waals surface area contributed by atoms with E-state index in [-0.39, 0.29) is 5.54 Å². The maximum absolute atomic E-state index is 6.94. The minimum absolute atomic E-state index is 0.250. The molecule has 0 atom stereocenters. The molecule has 0 aliphatic carbocycles. The molecule has 0 saturated heterocycles. The summed E-state index contributed by atoms with van der Waals surface area (Å²) in [7, 11) is 11.0. The second-order valence-electron chi connectivity index (χ2n) is 5.12. The zero-order valence-corrected chi connectivity index (χ0v) is 19.7. The van der Waals surface area contributed by atoms with Crippen LogP contribution in [-0.4, -0.2) is 15.1 Å². The van der Waals surface area contributed by atoms with E-state index in [0.717, 1.165) is 14.0 Å². The zero-order chi connectivity index (χ0) is 16.9. The van der Waals surface area contributed by atoms with Gasteiger partial charge in [0.2, 0.25) is 0 Å². The summed E-state index contributed by atoms with van der Waals surface area (Å²) in [5, 5.41) is 2.60. The SMILES string of the molecule is Brc1cc2ccccc2[cH-]1.CC(C)(C)[NH-].C[Si]C.[Cl][Zr+2][Cl]. The first kappa shape index (κ1) is 24.2. The molecular weight excluding hydrogens is 464 g/mol. The third kappa shape index (κ3) is 18.9. The van der Waals surface area contributed by atoms with Crippen molar-refractivity contribution in [1.82, 2.24) is 0 Å². The van der Waals surface area contributed by atoms with Crippen molar-refractivity contribution in [2.24, 2.45) is 0 Å². The molecule has 0 saturated carbocycles. The van der Waals surface area contributed by atoms with Crippen molar-refractivity contribution in [3.8, 4) is 0 Å². The average molecular weight is 486 g/mol. The number of benzene rings is 1. The van der Waals surface area contributed by atoms with Crippen LogP contribution < -0.4 is 0 Å². The second-order valence-corrected chi connectivity index (χ2v) is 10.8. The Labute approximate surface area is 158 Å². The zero-order valence-electron chi connectivity index (χ0n) is 13.1. The molecule has 6 heteroatoms. The van der Waals surface area contributed by atoms with E-state index < -0.39 is 20.8 Å². The Morgan fingerprint density at radius 1 is 1.19 bits per heavy atom. The first-order chi connectivity index (χ1) is 9.69. The normalized spacial score (nSPS) is 9.19. The van der Waals surface area contributed by atoms with Gasteiger partial charge in [-0.2, -0.15) is 6.07 Å². The van der Waals surface area contributed by atoms with Crippen LogP contribution >= 0.6 is 33.0 Å². The van der Waals surface area contributed by atoms with Crippen molar-refractivity contribution in [2.75, 3.05) is 0 Å². The van der Waals surface area contributed by atoms with Crippen LogP contribution in [0.3, 0.4) is 0 Å². The number of nitrogens with one attached hydrogen (secondary N) is 1. The summed E-state index contributed by atoms with van der Waals surface area (Å²) in [4.78, 5) is 0. The molecule has 0 fully saturated rings. The monoisotopic (exact) mass is 483 g/mol. The van der Waals surface area contributed by atoms with Crippen molar-refractivity contribution in [3.63, 3.8) is 0 Å². The molecule has 0 aliphatic rings. The van der Waals surface area contributed by atoms with Crippen LogP contribution in [0.4, 0.5) is 0 Å². The third-order valence-electron chi connectivity index (χ3n) is 1.58. The predicted molar refractivity (Wildman–Crippen MR) is 101 cm³/mol. The minimum atomic E-state index is -0.826. The molecule has 2 aromatic rings. The van der Waals surface area contributed by atoms with Gasteiger partial charge in [-0.15, -0.1) is 40.6 Å². The molecule has 116 valence electrons. The van der Waals surface area contributed by atoms with Crippen molar-refractivity contribution in [2.45, 2.75) is 39.4 Å². The Morgan fingerprint density at radius 2 is 1.57 bits per heavy atom. The summed E-state index contributed by atoms with van der Waals surface area (Å²) in [6.45, 7) is 9.87. The molecule has 21 heavy (non-hydrogen) atoms. The molecule has 0 aromatic heterocycles. The second kappa shape index (κ2) is 14.5. The summed E-state index contributed by atoms with van der Waals surface area (Å²) < 4.78 is 1.16. The van der Waals surface area contributed by atoms with Gasteiger partial charge in [0.15, 0.2) is 0 Å². The molecule has 0 spiro atoms. The van der Waals surface area contributed by atoms with Gasteiger partial charge in [-0.05, 0) is 0 Å². The molecule has 1 N–H and O–H groups in total. The van der Waals surface area contributed by atoms with Gasteiger partial charge in [0.05, 0.1) is 0 Å². The van der Waals surface area contributed by atoms with Crippen LogP contribution in [0.1, 0.15) is 20.8 Å². The number of halogens is 3. The fourth-order valence-corrected chi connectivity index (χ4v) is 1.61. The molecule has 0 unspecified atom stereocenters. The van der Waals surface area contributed by atoms with Crippen molar-refractivity contribution in [1.29, 1.82) is 0 Å². The van der Waals surface area contributed by atoms with Crippen LogP contribution in [0, 0.1) is 0 Å².